The van der Waals surface area contributed by atoms with E-state index in [1.165, 1.54) is 6.07 Å². The van der Waals surface area contributed by atoms with Crippen LogP contribution >= 0.6 is 0 Å². The van der Waals surface area contributed by atoms with Gasteiger partial charge in [-0.15, -0.1) is 0 Å². The largest absolute Gasteiger partial charge is 0.493 e. The summed E-state index contributed by atoms with van der Waals surface area (Å²) in [5.41, 5.74) is 7.62. The molecule has 0 aliphatic heterocycles. The van der Waals surface area contributed by atoms with Crippen LogP contribution in [0, 0.1) is 5.92 Å². The Kier molecular flexibility index (Phi) is 4.06. The number of anilines is 1. The van der Waals surface area contributed by atoms with Crippen LogP contribution in [0.2, 0.25) is 0 Å². The quantitative estimate of drug-likeness (QED) is 0.738. The highest BCUT2D eigenvalue weighted by atomic mass is 16.5. The molecule has 3 aromatic rings. The van der Waals surface area contributed by atoms with Gasteiger partial charge in [0.1, 0.15) is 17.1 Å². The van der Waals surface area contributed by atoms with E-state index in [2.05, 4.69) is 13.8 Å². The Hall–Kier alpha value is -2.75. The third-order valence-corrected chi connectivity index (χ3v) is 3.48. The van der Waals surface area contributed by atoms with Crippen molar-refractivity contribution in [2.45, 2.75) is 13.8 Å². The number of nitrogens with two attached hydrogens (primary N) is 1. The molecule has 0 radical (unpaired) electrons. The van der Waals surface area contributed by atoms with Crippen molar-refractivity contribution in [1.29, 1.82) is 0 Å². The van der Waals surface area contributed by atoms with E-state index < -0.39 is 0 Å². The Balaban J connectivity index is 2.04. The molecule has 0 spiro atoms. The van der Waals surface area contributed by atoms with Crippen molar-refractivity contribution in [2.75, 3.05) is 12.3 Å². The zero-order valence-corrected chi connectivity index (χ0v) is 13.2. The van der Waals surface area contributed by atoms with Gasteiger partial charge in [-0.2, -0.15) is 0 Å². The number of benzene rings is 2. The number of rotatable bonds is 4. The molecule has 0 aliphatic carbocycles. The smallest absolute Gasteiger partial charge is 0.193 e. The molecule has 1 aromatic heterocycles. The Labute approximate surface area is 134 Å². The maximum Gasteiger partial charge on any atom is 0.193 e. The molecule has 4 heteroatoms. The topological polar surface area (TPSA) is 65.5 Å². The standard InChI is InChI=1S/C19H19NO3/c1-12(2)11-22-15-7-8-16-17(21)10-18(23-19(16)9-15)13-3-5-14(20)6-4-13/h3-10,12H,11,20H2,1-2H3. The van der Waals surface area contributed by atoms with E-state index in [0.29, 0.717) is 40.7 Å². The van der Waals surface area contributed by atoms with Crippen molar-refractivity contribution < 1.29 is 9.15 Å². The average molecular weight is 309 g/mol. The number of hydrogen-bond donors (Lipinski definition) is 1. The zero-order chi connectivity index (χ0) is 16.4. The highest BCUT2D eigenvalue weighted by Crippen LogP contribution is 2.25. The summed E-state index contributed by atoms with van der Waals surface area (Å²) in [5, 5.41) is 0.543. The van der Waals surface area contributed by atoms with Gasteiger partial charge in [-0.1, -0.05) is 13.8 Å². The van der Waals surface area contributed by atoms with Crippen LogP contribution in [0.3, 0.4) is 0 Å². The van der Waals surface area contributed by atoms with Crippen molar-refractivity contribution in [3.05, 3.63) is 58.8 Å². The summed E-state index contributed by atoms with van der Waals surface area (Å²) < 4.78 is 11.6. The SMILES string of the molecule is CC(C)COc1ccc2c(=O)cc(-c3ccc(N)cc3)oc2c1. The van der Waals surface area contributed by atoms with E-state index in [1.54, 1.807) is 30.3 Å². The van der Waals surface area contributed by atoms with E-state index in [0.717, 1.165) is 5.56 Å². The third kappa shape index (κ3) is 3.37. The minimum Gasteiger partial charge on any atom is -0.493 e. The summed E-state index contributed by atoms with van der Waals surface area (Å²) in [6, 6.07) is 14.0. The monoisotopic (exact) mass is 309 g/mol. The van der Waals surface area contributed by atoms with E-state index >= 15 is 0 Å². The van der Waals surface area contributed by atoms with Gasteiger partial charge in [0.25, 0.3) is 0 Å². The maximum absolute atomic E-state index is 12.3. The molecule has 0 saturated heterocycles. The molecule has 4 nitrogen and oxygen atoms in total. The van der Waals surface area contributed by atoms with E-state index in [-0.39, 0.29) is 5.43 Å². The van der Waals surface area contributed by atoms with Gasteiger partial charge >= 0.3 is 0 Å². The molecule has 23 heavy (non-hydrogen) atoms. The van der Waals surface area contributed by atoms with Gasteiger partial charge < -0.3 is 14.9 Å². The van der Waals surface area contributed by atoms with Gasteiger partial charge in [0, 0.05) is 23.4 Å². The fourth-order valence-electron chi connectivity index (χ4n) is 2.28. The summed E-state index contributed by atoms with van der Waals surface area (Å²) >= 11 is 0. The van der Waals surface area contributed by atoms with Gasteiger partial charge in [-0.25, -0.2) is 0 Å². The van der Waals surface area contributed by atoms with Crippen molar-refractivity contribution in [2.24, 2.45) is 5.92 Å². The summed E-state index contributed by atoms with van der Waals surface area (Å²) in [6.45, 7) is 4.79. The second-order valence-corrected chi connectivity index (χ2v) is 5.96. The van der Waals surface area contributed by atoms with Gasteiger partial charge in [0.2, 0.25) is 0 Å². The lowest BCUT2D eigenvalue weighted by Crippen LogP contribution is -2.05. The fraction of sp³-hybridized carbons (Fsp3) is 0.211. The second kappa shape index (κ2) is 6.16. The lowest BCUT2D eigenvalue weighted by molar-refractivity contribution is 0.271. The first-order valence-electron chi connectivity index (χ1n) is 7.59. The predicted molar refractivity (Wildman–Crippen MR) is 92.7 cm³/mol. The minimum absolute atomic E-state index is 0.0755. The van der Waals surface area contributed by atoms with Crippen LogP contribution in [0.25, 0.3) is 22.3 Å². The molecule has 0 amide bonds. The first-order valence-corrected chi connectivity index (χ1v) is 7.59. The molecular formula is C19H19NO3. The summed E-state index contributed by atoms with van der Waals surface area (Å²) in [4.78, 5) is 12.3. The number of fused-ring (bicyclic) bond motifs is 1. The van der Waals surface area contributed by atoms with Crippen LogP contribution in [0.5, 0.6) is 5.75 Å². The molecule has 0 atom stereocenters. The molecule has 2 aromatic carbocycles. The fourth-order valence-corrected chi connectivity index (χ4v) is 2.28. The summed E-state index contributed by atoms with van der Waals surface area (Å²) in [6.07, 6.45) is 0. The van der Waals surface area contributed by atoms with Crippen LogP contribution in [0.4, 0.5) is 5.69 Å². The molecule has 0 unspecified atom stereocenters. The van der Waals surface area contributed by atoms with E-state index in [1.807, 2.05) is 12.1 Å². The Morgan fingerprint density at radius 2 is 1.83 bits per heavy atom. The first kappa shape index (κ1) is 15.2. The van der Waals surface area contributed by atoms with Crippen molar-refractivity contribution in [3.63, 3.8) is 0 Å². The lowest BCUT2D eigenvalue weighted by atomic mass is 10.1. The Morgan fingerprint density at radius 3 is 2.52 bits per heavy atom. The van der Waals surface area contributed by atoms with Crippen molar-refractivity contribution in [3.8, 4) is 17.1 Å². The molecule has 0 aliphatic rings. The molecule has 0 bridgehead atoms. The van der Waals surface area contributed by atoms with Crippen LogP contribution in [-0.2, 0) is 0 Å². The third-order valence-electron chi connectivity index (χ3n) is 3.48. The van der Waals surface area contributed by atoms with E-state index in [4.69, 9.17) is 14.9 Å². The summed E-state index contributed by atoms with van der Waals surface area (Å²) in [5.74, 6) is 1.64. The van der Waals surface area contributed by atoms with Crippen LogP contribution in [-0.4, -0.2) is 6.61 Å². The Bertz CT molecular complexity index is 879. The predicted octanol–water partition coefficient (Wildman–Crippen LogP) is 4.08. The molecule has 1 heterocycles. The first-order chi connectivity index (χ1) is 11.0. The van der Waals surface area contributed by atoms with Crippen LogP contribution in [0.1, 0.15) is 13.8 Å². The van der Waals surface area contributed by atoms with Crippen molar-refractivity contribution in [1.82, 2.24) is 0 Å². The van der Waals surface area contributed by atoms with Gasteiger partial charge in [-0.05, 0) is 42.3 Å². The van der Waals surface area contributed by atoms with Crippen LogP contribution < -0.4 is 15.9 Å². The average Bonchev–Trinajstić information content (AvgIpc) is 2.53. The number of hydrogen-bond acceptors (Lipinski definition) is 4. The Morgan fingerprint density at radius 1 is 1.09 bits per heavy atom. The highest BCUT2D eigenvalue weighted by molar-refractivity contribution is 5.80. The minimum atomic E-state index is -0.0755. The second-order valence-electron chi connectivity index (χ2n) is 5.96. The van der Waals surface area contributed by atoms with Crippen LogP contribution in [0.15, 0.2) is 57.7 Å². The molecule has 3 rings (SSSR count). The van der Waals surface area contributed by atoms with Gasteiger partial charge in [0.05, 0.1) is 12.0 Å². The van der Waals surface area contributed by atoms with E-state index in [9.17, 15) is 4.79 Å². The molecule has 0 saturated carbocycles. The van der Waals surface area contributed by atoms with Gasteiger partial charge in [-0.3, -0.25) is 4.79 Å². The van der Waals surface area contributed by atoms with Gasteiger partial charge in [0.15, 0.2) is 5.43 Å². The highest BCUT2D eigenvalue weighted by Gasteiger charge is 2.08. The zero-order valence-electron chi connectivity index (χ0n) is 13.2. The number of ether oxygens (including phenoxy) is 1. The molecule has 118 valence electrons. The number of nitrogen functional groups attached to an aromatic ring is 1. The normalized spacial score (nSPS) is 11.1. The van der Waals surface area contributed by atoms with Crippen molar-refractivity contribution >= 4 is 16.7 Å². The molecule has 0 fully saturated rings. The maximum atomic E-state index is 12.3. The lowest BCUT2D eigenvalue weighted by Gasteiger charge is -2.09. The molecule has 2 N–H and O–H groups in total. The molecular weight excluding hydrogens is 290 g/mol. The summed E-state index contributed by atoms with van der Waals surface area (Å²) in [7, 11) is 0.